The number of sulfonamides is 1. The molecule has 1 heterocycles. The molecular weight excluding hydrogens is 447 g/mol. The highest BCUT2D eigenvalue weighted by Gasteiger charge is 2.31. The molecule has 0 fully saturated rings. The first-order valence-corrected chi connectivity index (χ1v) is 12.6. The third-order valence-electron chi connectivity index (χ3n) is 5.00. The molecule has 1 amide bonds. The maximum Gasteiger partial charge on any atom is 0.243 e. The van der Waals surface area contributed by atoms with E-state index < -0.39 is 21.9 Å². The van der Waals surface area contributed by atoms with Gasteiger partial charge in [-0.05, 0) is 62.7 Å². The lowest BCUT2D eigenvalue weighted by Crippen LogP contribution is -2.45. The number of nitrogens with zero attached hydrogens (tertiary/aromatic N) is 2. The summed E-state index contributed by atoms with van der Waals surface area (Å²) in [5.74, 6) is -0.810. The lowest BCUT2D eigenvalue weighted by atomic mass is 10.2. The van der Waals surface area contributed by atoms with E-state index in [1.165, 1.54) is 16.4 Å². The van der Waals surface area contributed by atoms with Crippen molar-refractivity contribution in [2.45, 2.75) is 44.8 Å². The van der Waals surface area contributed by atoms with Crippen LogP contribution in [0.3, 0.4) is 0 Å². The molecule has 0 saturated carbocycles. The van der Waals surface area contributed by atoms with Gasteiger partial charge in [0.05, 0.1) is 18.0 Å². The normalized spacial score (nSPS) is 11.8. The van der Waals surface area contributed by atoms with Crippen LogP contribution in [0.5, 0.6) is 0 Å². The van der Waals surface area contributed by atoms with Gasteiger partial charge in [-0.2, -0.15) is 4.31 Å². The second-order valence-corrected chi connectivity index (χ2v) is 11.1. The van der Waals surface area contributed by atoms with Crippen LogP contribution in [0.2, 0.25) is 0 Å². The number of hydrogen-bond acceptors (Lipinski definition) is 4. The van der Waals surface area contributed by atoms with Gasteiger partial charge >= 0.3 is 0 Å². The maximum atomic E-state index is 13.4. The summed E-state index contributed by atoms with van der Waals surface area (Å²) in [6, 6.07) is 17.8. The fourth-order valence-electron chi connectivity index (χ4n) is 3.31. The molecule has 32 heavy (non-hydrogen) atoms. The van der Waals surface area contributed by atoms with Gasteiger partial charge in [-0.1, -0.05) is 30.3 Å². The van der Waals surface area contributed by atoms with Crippen LogP contribution in [0, 0.1) is 12.7 Å². The van der Waals surface area contributed by atoms with Crippen LogP contribution in [0.15, 0.2) is 71.6 Å². The van der Waals surface area contributed by atoms with E-state index in [4.69, 9.17) is 0 Å². The molecule has 0 N–H and O–H groups in total. The van der Waals surface area contributed by atoms with Gasteiger partial charge < -0.3 is 4.90 Å². The van der Waals surface area contributed by atoms with E-state index in [2.05, 4.69) is 0 Å². The van der Waals surface area contributed by atoms with E-state index in [0.717, 1.165) is 27.5 Å². The van der Waals surface area contributed by atoms with Gasteiger partial charge in [0, 0.05) is 22.3 Å². The van der Waals surface area contributed by atoms with Gasteiger partial charge in [-0.15, -0.1) is 11.3 Å². The third kappa shape index (κ3) is 6.03. The van der Waals surface area contributed by atoms with E-state index in [-0.39, 0.29) is 17.3 Å². The van der Waals surface area contributed by atoms with Crippen LogP contribution in [0.1, 0.15) is 29.2 Å². The van der Waals surface area contributed by atoms with E-state index in [1.54, 1.807) is 30.1 Å². The molecule has 0 saturated heterocycles. The predicted octanol–water partition coefficient (Wildman–Crippen LogP) is 4.82. The number of thiophene rings is 1. The van der Waals surface area contributed by atoms with E-state index in [0.29, 0.717) is 13.1 Å². The van der Waals surface area contributed by atoms with Gasteiger partial charge in [0.15, 0.2) is 0 Å². The summed E-state index contributed by atoms with van der Waals surface area (Å²) in [5.41, 5.74) is 0.964. The minimum atomic E-state index is -3.97. The second kappa shape index (κ2) is 10.4. The van der Waals surface area contributed by atoms with Gasteiger partial charge in [-0.25, -0.2) is 12.8 Å². The van der Waals surface area contributed by atoms with Crippen molar-refractivity contribution < 1.29 is 17.6 Å². The standard InChI is InChI=1S/C24H27FN2O3S2/c1-18(2)27(32(29,30)23-13-10-21(25)11-14-23)17-24(28)26(15-20-7-5-4-6-8-20)16-22-12-9-19(3)31-22/h4-14,18H,15-17H2,1-3H3. The quantitative estimate of drug-likeness (QED) is 0.447. The Morgan fingerprint density at radius 3 is 2.19 bits per heavy atom. The number of halogens is 1. The summed E-state index contributed by atoms with van der Waals surface area (Å²) in [5, 5.41) is 0. The molecular formula is C24H27FN2O3S2. The Balaban J connectivity index is 1.86. The van der Waals surface area contributed by atoms with Crippen LogP contribution in [-0.4, -0.2) is 36.1 Å². The average Bonchev–Trinajstić information content (AvgIpc) is 3.16. The van der Waals surface area contributed by atoms with Crippen molar-refractivity contribution in [3.8, 4) is 0 Å². The van der Waals surface area contributed by atoms with Crippen molar-refractivity contribution in [1.29, 1.82) is 0 Å². The van der Waals surface area contributed by atoms with E-state index in [9.17, 15) is 17.6 Å². The molecule has 3 aromatic rings. The zero-order valence-electron chi connectivity index (χ0n) is 18.4. The number of rotatable bonds is 9. The number of benzene rings is 2. The average molecular weight is 475 g/mol. The molecule has 0 aliphatic heterocycles. The first-order chi connectivity index (χ1) is 15.2. The predicted molar refractivity (Wildman–Crippen MR) is 125 cm³/mol. The van der Waals surface area contributed by atoms with Gasteiger partial charge in [0.25, 0.3) is 0 Å². The van der Waals surface area contributed by atoms with Crippen molar-refractivity contribution in [2.75, 3.05) is 6.54 Å². The zero-order valence-corrected chi connectivity index (χ0v) is 20.0. The number of amides is 1. The smallest absolute Gasteiger partial charge is 0.243 e. The van der Waals surface area contributed by atoms with Gasteiger partial charge in [0.2, 0.25) is 15.9 Å². The molecule has 0 aliphatic rings. The van der Waals surface area contributed by atoms with Crippen molar-refractivity contribution in [1.82, 2.24) is 9.21 Å². The summed E-state index contributed by atoms with van der Waals surface area (Å²) < 4.78 is 40.9. The van der Waals surface area contributed by atoms with Crippen molar-refractivity contribution >= 4 is 27.3 Å². The van der Waals surface area contributed by atoms with Crippen LogP contribution in [-0.2, 0) is 27.9 Å². The summed E-state index contributed by atoms with van der Waals surface area (Å²) in [4.78, 5) is 17.2. The molecule has 5 nitrogen and oxygen atoms in total. The monoisotopic (exact) mass is 474 g/mol. The molecule has 1 aromatic heterocycles. The number of hydrogen-bond donors (Lipinski definition) is 0. The molecule has 170 valence electrons. The second-order valence-electron chi connectivity index (χ2n) is 7.85. The summed E-state index contributed by atoms with van der Waals surface area (Å²) >= 11 is 1.61. The molecule has 2 aromatic carbocycles. The van der Waals surface area contributed by atoms with Crippen molar-refractivity contribution in [2.24, 2.45) is 0 Å². The Hall–Kier alpha value is -2.55. The van der Waals surface area contributed by atoms with Crippen LogP contribution in [0.25, 0.3) is 0 Å². The lowest BCUT2D eigenvalue weighted by Gasteiger charge is -2.29. The summed E-state index contributed by atoms with van der Waals surface area (Å²) in [7, 11) is -3.97. The summed E-state index contributed by atoms with van der Waals surface area (Å²) in [6.45, 7) is 5.92. The Bertz CT molecular complexity index is 1140. The number of carbonyl (C=O) groups is 1. The Labute approximate surface area is 193 Å². The highest BCUT2D eigenvalue weighted by atomic mass is 32.2. The highest BCUT2D eigenvalue weighted by molar-refractivity contribution is 7.89. The first-order valence-electron chi connectivity index (χ1n) is 10.3. The van der Waals surface area contributed by atoms with Crippen LogP contribution in [0.4, 0.5) is 4.39 Å². The van der Waals surface area contributed by atoms with Crippen molar-refractivity contribution in [3.63, 3.8) is 0 Å². The van der Waals surface area contributed by atoms with Gasteiger partial charge in [-0.3, -0.25) is 4.79 Å². The number of carbonyl (C=O) groups excluding carboxylic acids is 1. The molecule has 0 atom stereocenters. The number of aryl methyl sites for hydroxylation is 1. The zero-order chi connectivity index (χ0) is 23.3. The Kier molecular flexibility index (Phi) is 7.82. The molecule has 0 radical (unpaired) electrons. The largest absolute Gasteiger partial charge is 0.332 e. The van der Waals surface area contributed by atoms with Gasteiger partial charge in [0.1, 0.15) is 5.82 Å². The molecule has 0 aliphatic carbocycles. The molecule has 0 spiro atoms. The topological polar surface area (TPSA) is 57.7 Å². The molecule has 3 rings (SSSR count). The molecule has 0 bridgehead atoms. The first kappa shape index (κ1) is 24.1. The minimum Gasteiger partial charge on any atom is -0.332 e. The van der Waals surface area contributed by atoms with E-state index >= 15 is 0 Å². The SMILES string of the molecule is Cc1ccc(CN(Cc2ccccc2)C(=O)CN(C(C)C)S(=O)(=O)c2ccc(F)cc2)s1. The van der Waals surface area contributed by atoms with Crippen LogP contribution >= 0.6 is 11.3 Å². The maximum absolute atomic E-state index is 13.4. The third-order valence-corrected chi connectivity index (χ3v) is 8.02. The molecule has 8 heteroatoms. The molecule has 0 unspecified atom stereocenters. The van der Waals surface area contributed by atoms with E-state index in [1.807, 2.05) is 49.4 Å². The minimum absolute atomic E-state index is 0.0381. The lowest BCUT2D eigenvalue weighted by molar-refractivity contribution is -0.132. The fourth-order valence-corrected chi connectivity index (χ4v) is 5.81. The van der Waals surface area contributed by atoms with Crippen LogP contribution < -0.4 is 0 Å². The Morgan fingerprint density at radius 1 is 0.969 bits per heavy atom. The fraction of sp³-hybridized carbons (Fsp3) is 0.292. The summed E-state index contributed by atoms with van der Waals surface area (Å²) in [6.07, 6.45) is 0. The highest BCUT2D eigenvalue weighted by Crippen LogP contribution is 2.22. The Morgan fingerprint density at radius 2 is 1.62 bits per heavy atom. The van der Waals surface area contributed by atoms with Crippen molar-refractivity contribution in [3.05, 3.63) is 87.9 Å².